The molecule has 0 unspecified atom stereocenters. The number of esters is 1. The van der Waals surface area contributed by atoms with Gasteiger partial charge in [0.15, 0.2) is 0 Å². The number of anilines is 1. The van der Waals surface area contributed by atoms with Gasteiger partial charge < -0.3 is 52.2 Å². The number of ether oxygens (including phenoxy) is 1. The van der Waals surface area contributed by atoms with Gasteiger partial charge in [-0.2, -0.15) is 11.8 Å². The predicted octanol–water partition coefficient (Wildman–Crippen LogP) is 8.50. The molecule has 5 amide bonds. The van der Waals surface area contributed by atoms with Crippen LogP contribution in [0.3, 0.4) is 0 Å². The minimum atomic E-state index is -3.99. The highest BCUT2D eigenvalue weighted by Gasteiger charge is 2.34. The molecule has 6 atom stereocenters. The van der Waals surface area contributed by atoms with Crippen molar-refractivity contribution in [3.8, 4) is 0 Å². The molecule has 0 saturated carbocycles. The maximum atomic E-state index is 14.1. The summed E-state index contributed by atoms with van der Waals surface area (Å²) in [6.45, 7) is 20.7. The second-order valence-electron chi connectivity index (χ2n) is 23.8. The number of nitrogens with two attached hydrogens (primary N) is 1. The monoisotopic (exact) mass is 1320 g/mol. The maximum absolute atomic E-state index is 14.1. The Balaban J connectivity index is 2.20. The lowest BCUT2D eigenvalue weighted by molar-refractivity contribution is -0.145. The number of methoxy groups -OCH3 is 1. The lowest BCUT2D eigenvalue weighted by atomic mass is 10.0. The number of rotatable bonds is 40. The zero-order valence-electron chi connectivity index (χ0n) is 53.6. The molecule has 2 aromatic rings. The van der Waals surface area contributed by atoms with Gasteiger partial charge in [0.2, 0.25) is 39.6 Å². The van der Waals surface area contributed by atoms with Gasteiger partial charge in [0.1, 0.15) is 30.2 Å². The van der Waals surface area contributed by atoms with Gasteiger partial charge in [-0.05, 0) is 105 Å². The number of aliphatic hydroxyl groups is 2. The molecular weight excluding hydrogens is 1230 g/mol. The van der Waals surface area contributed by atoms with Gasteiger partial charge in [-0.3, -0.25) is 24.0 Å². The van der Waals surface area contributed by atoms with Crippen LogP contribution in [0.1, 0.15) is 134 Å². The number of thioether (sulfide) groups is 1. The molecule has 0 aliphatic rings. The third kappa shape index (κ3) is 31.9. The average Bonchev–Trinajstić information content (AvgIpc) is 1.46. The van der Waals surface area contributed by atoms with Crippen molar-refractivity contribution >= 4 is 117 Å². The van der Waals surface area contributed by atoms with Gasteiger partial charge in [-0.15, -0.1) is 0 Å². The molecule has 0 saturated heterocycles. The fourth-order valence-electron chi connectivity index (χ4n) is 8.18. The molecule has 0 radical (unpaired) electrons. The van der Waals surface area contributed by atoms with Crippen LogP contribution >= 0.6 is 54.9 Å². The summed E-state index contributed by atoms with van der Waals surface area (Å²) in [7, 11) is 6.52. The summed E-state index contributed by atoms with van der Waals surface area (Å²) in [4.78, 5) is 84.3. The Kier molecular flexibility index (Phi) is 36.8. The van der Waals surface area contributed by atoms with Crippen LogP contribution in [0.2, 0.25) is 0 Å². The fraction of sp³-hybridized carbons (Fsp3) is 0.613. The second kappa shape index (κ2) is 40.5. The molecule has 0 aromatic heterocycles. The van der Waals surface area contributed by atoms with Gasteiger partial charge in [-0.1, -0.05) is 156 Å². The van der Waals surface area contributed by atoms with Crippen molar-refractivity contribution < 1.29 is 52.1 Å². The summed E-state index contributed by atoms with van der Waals surface area (Å²) in [5.74, 6) is -4.15. The predicted molar refractivity (Wildman–Crippen MR) is 366 cm³/mol. The van der Waals surface area contributed by atoms with Gasteiger partial charge in [-0.25, -0.2) is 17.9 Å². The Hall–Kier alpha value is -4.18. The first kappa shape index (κ1) is 78.9. The molecular formula is C62H100N8O11S6. The number of carbonyl (C=O) groups excluding carboxylic acids is 6. The van der Waals surface area contributed by atoms with Crippen molar-refractivity contribution in [2.24, 2.45) is 5.73 Å². The van der Waals surface area contributed by atoms with Crippen molar-refractivity contribution in [2.75, 3.05) is 68.9 Å². The lowest BCUT2D eigenvalue weighted by Crippen LogP contribution is -2.61. The molecule has 87 heavy (non-hydrogen) atoms. The van der Waals surface area contributed by atoms with E-state index in [2.05, 4.69) is 83.3 Å². The molecule has 25 heteroatoms. The number of carbonyl (C=O) groups is 6. The van der Waals surface area contributed by atoms with Crippen LogP contribution < -0.4 is 41.9 Å². The van der Waals surface area contributed by atoms with Crippen LogP contribution in [0.25, 0.3) is 10.8 Å². The minimum absolute atomic E-state index is 0.0119. The fourth-order valence-corrected chi connectivity index (χ4v) is 15.4. The van der Waals surface area contributed by atoms with Crippen LogP contribution in [0.5, 0.6) is 0 Å². The molecule has 2 rings (SSSR count). The van der Waals surface area contributed by atoms with Crippen LogP contribution in [0.4, 0.5) is 5.69 Å². The Morgan fingerprint density at radius 3 is 1.61 bits per heavy atom. The number of hydrogen-bond donors (Lipinski definition) is 9. The number of sulfonamides is 1. The van der Waals surface area contributed by atoms with E-state index in [9.17, 15) is 47.4 Å². The van der Waals surface area contributed by atoms with E-state index in [1.165, 1.54) is 90.4 Å². The first-order valence-corrected chi connectivity index (χ1v) is 36.6. The first-order valence-electron chi connectivity index (χ1n) is 29.4. The molecule has 19 nitrogen and oxygen atoms in total. The number of benzene rings is 2. The zero-order chi connectivity index (χ0) is 65.5. The molecule has 0 bridgehead atoms. The molecule has 0 heterocycles. The largest absolute Gasteiger partial charge is 0.467 e. The summed E-state index contributed by atoms with van der Waals surface area (Å²) < 4.78 is 34.5. The summed E-state index contributed by atoms with van der Waals surface area (Å²) in [6.07, 6.45) is 15.3. The second-order valence-corrected chi connectivity index (χ2v) is 32.9. The molecule has 0 aliphatic heterocycles. The van der Waals surface area contributed by atoms with Crippen molar-refractivity contribution in [3.63, 3.8) is 0 Å². The van der Waals surface area contributed by atoms with Gasteiger partial charge >= 0.3 is 5.97 Å². The number of unbranched alkanes of at least 4 members (excludes halogenated alkanes) is 1. The maximum Gasteiger partial charge on any atom is 0.329 e. The Labute approximate surface area is 539 Å². The van der Waals surface area contributed by atoms with Crippen LogP contribution in [-0.2, 0) is 43.5 Å². The zero-order valence-corrected chi connectivity index (χ0v) is 58.5. The number of allylic oxidation sites excluding steroid dienone is 7. The number of aliphatic hydroxyl groups excluding tert-OH is 2. The molecule has 0 fully saturated rings. The van der Waals surface area contributed by atoms with E-state index >= 15 is 0 Å². The van der Waals surface area contributed by atoms with Crippen LogP contribution in [-0.4, -0.2) is 164 Å². The first-order chi connectivity index (χ1) is 40.8. The Bertz CT molecular complexity index is 2780. The number of nitrogens with one attached hydrogen (secondary N) is 6. The Morgan fingerprint density at radius 2 is 1.08 bits per heavy atom. The van der Waals surface area contributed by atoms with E-state index in [0.717, 1.165) is 49.6 Å². The number of fused-ring (bicyclic) bond motifs is 1. The minimum Gasteiger partial charge on any atom is -0.467 e. The standard InChI is InChI=1S/C62H100N8O11S6/c1-41(2)22-17-23-42(3)24-18-25-43(4)26-19-27-44(5)33-35-82-39-52(60(78)81-14)69-58(76)50(37-72)67-59(77)51(40-84-86-62(9,10)11)68-57(75)49(36-71)66-56(74)48(65-55(73)47(63)38-83-85-61(6,7)8)30-15-16-34-64-87(79,80)54-32-21-28-45-46(54)29-20-31-53(45)70(12)13/h20-22,24,26,28-29,31-33,47-52,64,71-72H,15-19,23,25,27,30,34-40,63H2,1-14H3,(H,65,73)(H,66,74)(H,67,77)(H,68,75)(H,69,76)/b42-24+,43-26+,44-33+/t47-,48-,49-,50-,51-,52-/m0/s1. The highest BCUT2D eigenvalue weighted by Crippen LogP contribution is 2.36. The number of nitrogens with zero attached hydrogens (tertiary/aromatic N) is 1. The van der Waals surface area contributed by atoms with Gasteiger partial charge in [0.25, 0.3) is 0 Å². The summed E-state index contributed by atoms with van der Waals surface area (Å²) in [5, 5.41) is 35.1. The normalized spacial score (nSPS) is 14.7. The third-order valence-electron chi connectivity index (χ3n) is 13.0. The molecule has 2 aromatic carbocycles. The molecule has 0 spiro atoms. The van der Waals surface area contributed by atoms with Gasteiger partial charge in [0, 0.05) is 69.6 Å². The topological polar surface area (TPSA) is 288 Å². The van der Waals surface area contributed by atoms with E-state index in [1.807, 2.05) is 79.6 Å². The molecule has 490 valence electrons. The van der Waals surface area contributed by atoms with E-state index < -0.39 is 95.0 Å². The summed E-state index contributed by atoms with van der Waals surface area (Å²) >= 11 is 1.39. The highest BCUT2D eigenvalue weighted by molar-refractivity contribution is 8.77. The van der Waals surface area contributed by atoms with Crippen molar-refractivity contribution in [3.05, 3.63) is 83.0 Å². The van der Waals surface area contributed by atoms with Crippen molar-refractivity contribution in [2.45, 2.75) is 185 Å². The third-order valence-corrected chi connectivity index (χ3v) is 22.2. The summed E-state index contributed by atoms with van der Waals surface area (Å²) in [5.41, 5.74) is 12.4. The SMILES string of the molecule is COC(=O)[C@H](CSC/C=C(\C)CC/C=C(\C)CC/C=C(\C)CCC=C(C)C)NC(=O)[C@H](CO)NC(=O)[C@H](CSSC(C)(C)C)NC(=O)[C@H](CO)NC(=O)[C@H](CCCCNS(=O)(=O)c1cccc2c(N(C)C)cccc12)NC(=O)[C@@H](N)CSSC(C)(C)C. The Morgan fingerprint density at radius 1 is 0.609 bits per heavy atom. The van der Waals surface area contributed by atoms with E-state index in [1.54, 1.807) is 18.2 Å². The average molecular weight is 1330 g/mol. The number of hydrogen-bond acceptors (Lipinski definition) is 18. The quantitative estimate of drug-likeness (QED) is 0.0131. The summed E-state index contributed by atoms with van der Waals surface area (Å²) in [6, 6.07) is 2.42. The van der Waals surface area contributed by atoms with E-state index in [4.69, 9.17) is 10.5 Å². The van der Waals surface area contributed by atoms with Gasteiger partial charge in [0.05, 0.1) is 31.3 Å². The van der Waals surface area contributed by atoms with E-state index in [0.29, 0.717) is 11.1 Å². The smallest absolute Gasteiger partial charge is 0.329 e. The lowest BCUT2D eigenvalue weighted by Gasteiger charge is -2.27. The van der Waals surface area contributed by atoms with E-state index in [-0.39, 0.29) is 57.5 Å². The number of amides is 5. The molecule has 10 N–H and O–H groups in total. The molecule has 0 aliphatic carbocycles. The van der Waals surface area contributed by atoms with Crippen molar-refractivity contribution in [1.82, 2.24) is 31.3 Å². The van der Waals surface area contributed by atoms with Crippen LogP contribution in [0.15, 0.2) is 87.9 Å². The highest BCUT2D eigenvalue weighted by atomic mass is 33.1. The van der Waals surface area contributed by atoms with Crippen LogP contribution in [0, 0.1) is 0 Å². The van der Waals surface area contributed by atoms with Crippen molar-refractivity contribution in [1.29, 1.82) is 0 Å².